The first-order valence-corrected chi connectivity index (χ1v) is 9.23. The molecule has 1 fully saturated rings. The summed E-state index contributed by atoms with van der Waals surface area (Å²) in [5, 5.41) is 0.586. The number of nitrogens with one attached hydrogen (secondary N) is 1. The predicted molar refractivity (Wildman–Crippen MR) is 86.2 cm³/mol. The van der Waals surface area contributed by atoms with E-state index in [2.05, 4.69) is 4.72 Å². The van der Waals surface area contributed by atoms with Crippen molar-refractivity contribution in [2.75, 3.05) is 6.54 Å². The van der Waals surface area contributed by atoms with E-state index in [1.54, 1.807) is 0 Å². The third kappa shape index (κ3) is 3.71. The summed E-state index contributed by atoms with van der Waals surface area (Å²) in [6.07, 6.45) is 3.79. The maximum absolute atomic E-state index is 12.6. The van der Waals surface area contributed by atoms with Crippen molar-refractivity contribution in [3.8, 4) is 0 Å². The Kier molecular flexibility index (Phi) is 5.21. The van der Waals surface area contributed by atoms with Crippen molar-refractivity contribution in [2.45, 2.75) is 43.0 Å². The first-order chi connectivity index (χ1) is 9.79. The third-order valence-corrected chi connectivity index (χ3v) is 6.27. The molecule has 4 nitrogen and oxygen atoms in total. The molecular weight excluding hydrogens is 331 g/mol. The van der Waals surface area contributed by atoms with Crippen LogP contribution in [0.2, 0.25) is 10.0 Å². The van der Waals surface area contributed by atoms with E-state index in [4.69, 9.17) is 28.9 Å². The molecular formula is C14H20Cl2N2O2S. The third-order valence-electron chi connectivity index (χ3n) is 4.30. The maximum Gasteiger partial charge on any atom is 0.241 e. The summed E-state index contributed by atoms with van der Waals surface area (Å²) in [5.41, 5.74) is 5.30. The lowest BCUT2D eigenvalue weighted by atomic mass is 9.74. The van der Waals surface area contributed by atoms with E-state index in [1.807, 2.05) is 6.92 Å². The summed E-state index contributed by atoms with van der Waals surface area (Å²) in [6, 6.07) is 4.30. The highest BCUT2D eigenvalue weighted by Crippen LogP contribution is 2.34. The molecule has 2 atom stereocenters. The minimum absolute atomic E-state index is 0.0746. The highest BCUT2D eigenvalue weighted by Gasteiger charge is 2.40. The molecule has 0 spiro atoms. The fraction of sp³-hybridized carbons (Fsp3) is 0.571. The number of sulfonamides is 1. The van der Waals surface area contributed by atoms with E-state index in [0.717, 1.165) is 25.7 Å². The van der Waals surface area contributed by atoms with Crippen LogP contribution in [0.15, 0.2) is 23.1 Å². The zero-order valence-corrected chi connectivity index (χ0v) is 14.2. The molecule has 118 valence electrons. The summed E-state index contributed by atoms with van der Waals surface area (Å²) in [4.78, 5) is 0.0746. The Hall–Kier alpha value is -0.330. The van der Waals surface area contributed by atoms with Crippen molar-refractivity contribution in [3.63, 3.8) is 0 Å². The normalized spacial score (nSPS) is 26.8. The Labute approximate surface area is 136 Å². The van der Waals surface area contributed by atoms with Crippen LogP contribution < -0.4 is 10.5 Å². The lowest BCUT2D eigenvalue weighted by Crippen LogP contribution is -2.58. The predicted octanol–water partition coefficient (Wildman–Crippen LogP) is 3.18. The van der Waals surface area contributed by atoms with Crippen LogP contribution in [-0.2, 0) is 10.0 Å². The molecule has 1 aliphatic rings. The highest BCUT2D eigenvalue weighted by atomic mass is 35.5. The zero-order valence-electron chi connectivity index (χ0n) is 11.9. The number of halogens is 2. The maximum atomic E-state index is 12.6. The van der Waals surface area contributed by atoms with Gasteiger partial charge in [0.05, 0.1) is 4.90 Å². The minimum atomic E-state index is -3.71. The quantitative estimate of drug-likeness (QED) is 0.875. The summed E-state index contributed by atoms with van der Waals surface area (Å²) in [7, 11) is -3.71. The molecule has 1 aromatic rings. The fourth-order valence-corrected chi connectivity index (χ4v) is 5.18. The van der Waals surface area contributed by atoms with E-state index < -0.39 is 15.6 Å². The van der Waals surface area contributed by atoms with Gasteiger partial charge in [0, 0.05) is 22.1 Å². The van der Waals surface area contributed by atoms with Gasteiger partial charge in [0.25, 0.3) is 0 Å². The Morgan fingerprint density at radius 1 is 1.29 bits per heavy atom. The lowest BCUT2D eigenvalue weighted by molar-refractivity contribution is 0.191. The van der Waals surface area contributed by atoms with Gasteiger partial charge < -0.3 is 5.73 Å². The average molecular weight is 351 g/mol. The van der Waals surface area contributed by atoms with E-state index in [0.29, 0.717) is 10.0 Å². The van der Waals surface area contributed by atoms with Gasteiger partial charge in [-0.2, -0.15) is 0 Å². The summed E-state index contributed by atoms with van der Waals surface area (Å²) in [6.45, 7) is 2.32. The van der Waals surface area contributed by atoms with Crippen molar-refractivity contribution in [1.29, 1.82) is 0 Å². The van der Waals surface area contributed by atoms with Crippen molar-refractivity contribution in [1.82, 2.24) is 4.72 Å². The molecule has 1 saturated carbocycles. The fourth-order valence-electron chi connectivity index (χ4n) is 2.92. The van der Waals surface area contributed by atoms with Gasteiger partial charge in [0.1, 0.15) is 0 Å². The molecule has 0 bridgehead atoms. The van der Waals surface area contributed by atoms with E-state index in [9.17, 15) is 8.42 Å². The van der Waals surface area contributed by atoms with Crippen LogP contribution in [0.1, 0.15) is 32.6 Å². The van der Waals surface area contributed by atoms with E-state index in [-0.39, 0.29) is 17.4 Å². The van der Waals surface area contributed by atoms with Crippen LogP contribution in [0, 0.1) is 5.92 Å². The number of rotatable bonds is 4. The Balaban J connectivity index is 2.35. The standard InChI is InChI=1S/C14H20Cl2N2O2S/c1-10-4-2-3-5-14(10,9-17)18-21(19,20)13-7-11(15)6-12(16)8-13/h6-8,10,18H,2-5,9,17H2,1H3. The molecule has 0 radical (unpaired) electrons. The SMILES string of the molecule is CC1CCCCC1(CN)NS(=O)(=O)c1cc(Cl)cc(Cl)c1. The van der Waals surface area contributed by atoms with Crippen LogP contribution in [0.4, 0.5) is 0 Å². The molecule has 0 saturated heterocycles. The first-order valence-electron chi connectivity index (χ1n) is 6.99. The Bertz CT molecular complexity index is 601. The van der Waals surface area contributed by atoms with Crippen LogP contribution >= 0.6 is 23.2 Å². The number of hydrogen-bond donors (Lipinski definition) is 2. The molecule has 2 rings (SSSR count). The molecule has 7 heteroatoms. The summed E-state index contributed by atoms with van der Waals surface area (Å²) in [5.74, 6) is 0.195. The zero-order chi connectivity index (χ0) is 15.7. The van der Waals surface area contributed by atoms with Gasteiger partial charge in [-0.05, 0) is 37.0 Å². The average Bonchev–Trinajstić information content (AvgIpc) is 2.40. The lowest BCUT2D eigenvalue weighted by Gasteiger charge is -2.42. The Morgan fingerprint density at radius 3 is 2.43 bits per heavy atom. The summed E-state index contributed by atoms with van der Waals surface area (Å²) >= 11 is 11.8. The molecule has 1 aromatic carbocycles. The molecule has 1 aliphatic carbocycles. The van der Waals surface area contributed by atoms with Gasteiger partial charge >= 0.3 is 0 Å². The second-order valence-electron chi connectivity index (χ2n) is 5.72. The van der Waals surface area contributed by atoms with Crippen molar-refractivity contribution in [3.05, 3.63) is 28.2 Å². The van der Waals surface area contributed by atoms with Gasteiger partial charge in [-0.1, -0.05) is 43.0 Å². The van der Waals surface area contributed by atoms with Crippen LogP contribution in [0.3, 0.4) is 0 Å². The van der Waals surface area contributed by atoms with Crippen LogP contribution in [0.25, 0.3) is 0 Å². The van der Waals surface area contributed by atoms with Gasteiger partial charge in [-0.3, -0.25) is 0 Å². The van der Waals surface area contributed by atoms with Crippen molar-refractivity contribution >= 4 is 33.2 Å². The molecule has 0 aromatic heterocycles. The van der Waals surface area contributed by atoms with Crippen molar-refractivity contribution in [2.24, 2.45) is 11.7 Å². The molecule has 3 N–H and O–H groups in total. The molecule has 2 unspecified atom stereocenters. The van der Waals surface area contributed by atoms with Gasteiger partial charge in [0.15, 0.2) is 0 Å². The molecule has 0 aliphatic heterocycles. The number of nitrogens with two attached hydrogens (primary N) is 1. The summed E-state index contributed by atoms with van der Waals surface area (Å²) < 4.78 is 28.1. The highest BCUT2D eigenvalue weighted by molar-refractivity contribution is 7.89. The largest absolute Gasteiger partial charge is 0.329 e. The molecule has 0 amide bonds. The van der Waals surface area contributed by atoms with Gasteiger partial charge in [-0.25, -0.2) is 13.1 Å². The topological polar surface area (TPSA) is 72.2 Å². The second-order valence-corrected chi connectivity index (χ2v) is 8.27. The van der Waals surface area contributed by atoms with Gasteiger partial charge in [0.2, 0.25) is 10.0 Å². The monoisotopic (exact) mass is 350 g/mol. The number of benzene rings is 1. The number of hydrogen-bond acceptors (Lipinski definition) is 3. The van der Waals surface area contributed by atoms with Gasteiger partial charge in [-0.15, -0.1) is 0 Å². The van der Waals surface area contributed by atoms with Crippen molar-refractivity contribution < 1.29 is 8.42 Å². The minimum Gasteiger partial charge on any atom is -0.329 e. The smallest absolute Gasteiger partial charge is 0.241 e. The second kappa shape index (κ2) is 6.42. The molecule has 21 heavy (non-hydrogen) atoms. The molecule has 0 heterocycles. The first kappa shape index (κ1) is 17.0. The van der Waals surface area contributed by atoms with E-state index in [1.165, 1.54) is 18.2 Å². The van der Waals surface area contributed by atoms with Crippen LogP contribution in [0.5, 0.6) is 0 Å². The van der Waals surface area contributed by atoms with E-state index >= 15 is 0 Å². The Morgan fingerprint density at radius 2 is 1.90 bits per heavy atom. The van der Waals surface area contributed by atoms with Crippen LogP contribution in [-0.4, -0.2) is 20.5 Å².